The first kappa shape index (κ1) is 18.9. The Balaban J connectivity index is 1.46. The lowest BCUT2D eigenvalue weighted by molar-refractivity contribution is 0.0603. The van der Waals surface area contributed by atoms with E-state index in [0.717, 1.165) is 35.1 Å². The summed E-state index contributed by atoms with van der Waals surface area (Å²) in [6, 6.07) is 5.13. The molecular weight excluding hydrogens is 370 g/mol. The van der Waals surface area contributed by atoms with E-state index in [1.807, 2.05) is 33.0 Å². The number of H-pyrrole nitrogens is 1. The molecule has 0 bridgehead atoms. The van der Waals surface area contributed by atoms with Gasteiger partial charge >= 0.3 is 11.8 Å². The molecule has 0 aromatic carbocycles. The molecule has 3 heterocycles. The Bertz CT molecular complexity index is 1110. The Hall–Kier alpha value is -3.47. The largest absolute Gasteiger partial charge is 0.444 e. The van der Waals surface area contributed by atoms with Gasteiger partial charge in [0.15, 0.2) is 0 Å². The molecule has 0 saturated heterocycles. The number of nitrogens with zero attached hydrogens (tertiary/aromatic N) is 4. The highest BCUT2D eigenvalue weighted by Gasteiger charge is 2.32. The van der Waals surface area contributed by atoms with E-state index >= 15 is 0 Å². The third-order valence-corrected chi connectivity index (χ3v) is 4.54. The quantitative estimate of drug-likeness (QED) is 0.603. The van der Waals surface area contributed by atoms with Gasteiger partial charge in [-0.2, -0.15) is 4.99 Å². The zero-order chi connectivity index (χ0) is 20.4. The molecule has 1 aliphatic carbocycles. The van der Waals surface area contributed by atoms with Crippen molar-refractivity contribution in [3.8, 4) is 17.5 Å². The third kappa shape index (κ3) is 4.35. The molecule has 29 heavy (non-hydrogen) atoms. The molecule has 3 aromatic heterocycles. The van der Waals surface area contributed by atoms with Crippen molar-refractivity contribution in [2.75, 3.05) is 0 Å². The lowest BCUT2D eigenvalue weighted by Crippen LogP contribution is -2.25. The lowest BCUT2D eigenvalue weighted by Gasteiger charge is -2.24. The molecule has 1 aliphatic rings. The molecule has 4 rings (SSSR count). The molecule has 8 nitrogen and oxygen atoms in total. The Kier molecular flexibility index (Phi) is 4.89. The second kappa shape index (κ2) is 7.51. The van der Waals surface area contributed by atoms with Crippen LogP contribution in [0.4, 0.5) is 10.5 Å². The number of rotatable bonds is 2. The molecule has 1 amide bonds. The summed E-state index contributed by atoms with van der Waals surface area (Å²) >= 11 is 0. The minimum atomic E-state index is -0.555. The Morgan fingerprint density at radius 3 is 2.97 bits per heavy atom. The fraction of sp³-hybridized carbons (Fsp3) is 0.381. The summed E-state index contributed by atoms with van der Waals surface area (Å²) in [7, 11) is 0. The standard InChI is InChI=1S/C21H22N5O3/c1-21(2,3)29-20(27)26-11-14-8-13(9-14)10-24-17-15-4-5-22-18(15)25-12-16(17)19-23-6-7-28-19/h4-7,11-14H,8-9H2,1-3H3,(H,22,25)/q+1. The first-order chi connectivity index (χ1) is 13.9. The molecule has 0 aliphatic heterocycles. The van der Waals surface area contributed by atoms with Crippen LogP contribution in [0.25, 0.3) is 27.3 Å². The van der Waals surface area contributed by atoms with Gasteiger partial charge < -0.3 is 14.1 Å². The number of ether oxygens (including phenoxy) is 1. The number of nitrogens with one attached hydrogen (secondary N) is 1. The highest BCUT2D eigenvalue weighted by atomic mass is 16.6. The highest BCUT2D eigenvalue weighted by molar-refractivity contribution is 5.97. The number of fused-ring (bicyclic) bond motifs is 1. The molecule has 0 radical (unpaired) electrons. The first-order valence-electron chi connectivity index (χ1n) is 9.48. The van der Waals surface area contributed by atoms with Crippen LogP contribution >= 0.6 is 0 Å². The number of aliphatic imine (C=N–C) groups is 1. The average molecular weight is 392 g/mol. The van der Waals surface area contributed by atoms with Crippen molar-refractivity contribution in [1.82, 2.24) is 15.0 Å². The molecule has 0 unspecified atom stereocenters. The van der Waals surface area contributed by atoms with Gasteiger partial charge in [0, 0.05) is 12.4 Å². The summed E-state index contributed by atoms with van der Waals surface area (Å²) in [5, 5.41) is 0.885. The normalized spacial score (nSPS) is 19.0. The van der Waals surface area contributed by atoms with E-state index in [1.165, 1.54) is 6.26 Å². The summed E-state index contributed by atoms with van der Waals surface area (Å²) < 4.78 is 10.6. The predicted octanol–water partition coefficient (Wildman–Crippen LogP) is 5.21. The minimum absolute atomic E-state index is 0.199. The second-order valence-electron chi connectivity index (χ2n) is 8.03. The monoisotopic (exact) mass is 392 g/mol. The molecular formula is C21H22N5O3+. The lowest BCUT2D eigenvalue weighted by atomic mass is 9.76. The van der Waals surface area contributed by atoms with Crippen LogP contribution in [0.3, 0.4) is 0 Å². The van der Waals surface area contributed by atoms with E-state index in [1.54, 1.807) is 18.6 Å². The van der Waals surface area contributed by atoms with Gasteiger partial charge in [-0.1, -0.05) is 0 Å². The SMILES string of the molecule is CC(C)(C)OC(=O)N=CC1CC(C#[N+]c2c(-c3ncco3)cnc3[nH]ccc23)C1. The summed E-state index contributed by atoms with van der Waals surface area (Å²) in [5.74, 6) is 0.896. The summed E-state index contributed by atoms with van der Waals surface area (Å²) in [4.78, 5) is 31.9. The fourth-order valence-corrected chi connectivity index (χ4v) is 3.13. The van der Waals surface area contributed by atoms with E-state index in [4.69, 9.17) is 9.15 Å². The van der Waals surface area contributed by atoms with Gasteiger partial charge in [0.1, 0.15) is 28.5 Å². The maximum Gasteiger partial charge on any atom is 0.433 e. The van der Waals surface area contributed by atoms with E-state index in [-0.39, 0.29) is 11.8 Å². The van der Waals surface area contributed by atoms with Crippen LogP contribution in [0.15, 0.2) is 40.3 Å². The van der Waals surface area contributed by atoms with Crippen LogP contribution in [0.2, 0.25) is 0 Å². The van der Waals surface area contributed by atoms with Crippen LogP contribution in [-0.2, 0) is 4.74 Å². The van der Waals surface area contributed by atoms with Crippen molar-refractivity contribution < 1.29 is 13.9 Å². The number of pyridine rings is 1. The molecule has 8 heteroatoms. The fourth-order valence-electron chi connectivity index (χ4n) is 3.13. The summed E-state index contributed by atoms with van der Waals surface area (Å²) in [6.45, 7) is 5.45. The smallest absolute Gasteiger partial charge is 0.433 e. The highest BCUT2D eigenvalue weighted by Crippen LogP contribution is 2.37. The maximum absolute atomic E-state index is 11.7. The van der Waals surface area contributed by atoms with Gasteiger partial charge in [-0.15, -0.1) is 0 Å². The van der Waals surface area contributed by atoms with Gasteiger partial charge in [0.25, 0.3) is 6.07 Å². The molecule has 148 valence electrons. The van der Waals surface area contributed by atoms with Gasteiger partial charge in [-0.3, -0.25) is 0 Å². The molecule has 1 N–H and O–H groups in total. The number of carbonyl (C=O) groups excluding carboxylic acids is 1. The van der Waals surface area contributed by atoms with Crippen LogP contribution < -0.4 is 0 Å². The second-order valence-corrected chi connectivity index (χ2v) is 8.03. The van der Waals surface area contributed by atoms with E-state index in [9.17, 15) is 4.79 Å². The van der Waals surface area contributed by atoms with Crippen LogP contribution in [-0.4, -0.2) is 32.9 Å². The maximum atomic E-state index is 11.7. The number of hydrogen-bond donors (Lipinski definition) is 1. The summed E-state index contributed by atoms with van der Waals surface area (Å²) in [5.41, 5.74) is 1.66. The molecule has 1 saturated carbocycles. The number of carbonyl (C=O) groups is 1. The van der Waals surface area contributed by atoms with E-state index in [2.05, 4.69) is 30.9 Å². The van der Waals surface area contributed by atoms with Crippen molar-refractivity contribution in [3.05, 3.63) is 35.8 Å². The average Bonchev–Trinajstić information content (AvgIpc) is 3.29. The van der Waals surface area contributed by atoms with Crippen molar-refractivity contribution in [2.24, 2.45) is 16.8 Å². The van der Waals surface area contributed by atoms with Gasteiger partial charge in [0.2, 0.25) is 5.89 Å². The molecule has 3 aromatic rings. The van der Waals surface area contributed by atoms with Crippen molar-refractivity contribution in [1.29, 1.82) is 0 Å². The number of aromatic amines is 1. The first-order valence-corrected chi connectivity index (χ1v) is 9.48. The zero-order valence-corrected chi connectivity index (χ0v) is 16.5. The van der Waals surface area contributed by atoms with Crippen molar-refractivity contribution >= 4 is 29.0 Å². The topological polar surface area (TPSA) is 97.7 Å². The number of aromatic nitrogens is 3. The van der Waals surface area contributed by atoms with Crippen LogP contribution in [0, 0.1) is 17.9 Å². The minimum Gasteiger partial charge on any atom is -0.444 e. The molecule has 1 fully saturated rings. The van der Waals surface area contributed by atoms with Gasteiger partial charge in [-0.05, 0) is 50.4 Å². The van der Waals surface area contributed by atoms with Crippen LogP contribution in [0.1, 0.15) is 33.6 Å². The van der Waals surface area contributed by atoms with Crippen molar-refractivity contribution in [3.63, 3.8) is 0 Å². The number of amides is 1. The Labute approximate surface area is 167 Å². The third-order valence-electron chi connectivity index (χ3n) is 4.54. The molecule has 0 atom stereocenters. The summed E-state index contributed by atoms with van der Waals surface area (Å²) in [6.07, 6.45) is 9.42. The van der Waals surface area contributed by atoms with Crippen LogP contribution in [0.5, 0.6) is 0 Å². The Morgan fingerprint density at radius 2 is 2.24 bits per heavy atom. The Morgan fingerprint density at radius 1 is 1.41 bits per heavy atom. The van der Waals surface area contributed by atoms with Crippen molar-refractivity contribution in [2.45, 2.75) is 39.2 Å². The number of oxazole rings is 1. The predicted molar refractivity (Wildman–Crippen MR) is 109 cm³/mol. The molecule has 0 spiro atoms. The number of hydrogen-bond acceptors (Lipinski definition) is 5. The van der Waals surface area contributed by atoms with Gasteiger partial charge in [-0.25, -0.2) is 14.8 Å². The van der Waals surface area contributed by atoms with E-state index < -0.39 is 11.7 Å². The zero-order valence-electron chi connectivity index (χ0n) is 16.5. The van der Waals surface area contributed by atoms with Gasteiger partial charge in [0.05, 0.1) is 18.3 Å². The van der Waals surface area contributed by atoms with E-state index in [0.29, 0.717) is 5.89 Å².